The zero-order valence-electron chi connectivity index (χ0n) is 16.5. The Labute approximate surface area is 173 Å². The number of hydrogen-bond acceptors (Lipinski definition) is 8. The van der Waals surface area contributed by atoms with Crippen molar-refractivity contribution in [2.24, 2.45) is 0 Å². The molecule has 0 spiro atoms. The maximum atomic E-state index is 12.2. The molecule has 0 heterocycles. The highest BCUT2D eigenvalue weighted by atomic mass is 16.6. The fourth-order valence-electron chi connectivity index (χ4n) is 2.46. The lowest BCUT2D eigenvalue weighted by Crippen LogP contribution is -2.12. The van der Waals surface area contributed by atoms with Gasteiger partial charge in [0.15, 0.2) is 11.5 Å². The molecule has 0 aliphatic carbocycles. The van der Waals surface area contributed by atoms with Gasteiger partial charge in [0, 0.05) is 6.07 Å². The molecule has 0 radical (unpaired) electrons. The normalized spacial score (nSPS) is 10.1. The van der Waals surface area contributed by atoms with E-state index in [0.717, 1.165) is 11.6 Å². The number of esters is 1. The van der Waals surface area contributed by atoms with E-state index in [2.05, 4.69) is 0 Å². The molecule has 0 amide bonds. The summed E-state index contributed by atoms with van der Waals surface area (Å²) in [4.78, 5) is 23.0. The second kappa shape index (κ2) is 12.0. The first-order valence-corrected chi connectivity index (χ1v) is 9.30. The average Bonchev–Trinajstić information content (AvgIpc) is 2.75. The van der Waals surface area contributed by atoms with Gasteiger partial charge in [-0.15, -0.1) is 0 Å². The maximum absolute atomic E-state index is 12.2. The van der Waals surface area contributed by atoms with Crippen molar-refractivity contribution in [3.05, 3.63) is 63.7 Å². The van der Waals surface area contributed by atoms with Gasteiger partial charge in [-0.2, -0.15) is 5.26 Å². The highest BCUT2D eigenvalue weighted by Gasteiger charge is 2.26. The van der Waals surface area contributed by atoms with Gasteiger partial charge in [-0.25, -0.2) is 4.79 Å². The Bertz CT molecular complexity index is 894. The van der Waals surface area contributed by atoms with Crippen LogP contribution in [0, 0.1) is 21.4 Å². The molecule has 158 valence electrons. The fraction of sp³-hybridized carbons (Fsp3) is 0.333. The molecule has 0 atom stereocenters. The minimum absolute atomic E-state index is 0.0746. The van der Waals surface area contributed by atoms with E-state index in [9.17, 15) is 14.9 Å². The molecule has 0 aromatic heterocycles. The van der Waals surface area contributed by atoms with Gasteiger partial charge < -0.3 is 18.9 Å². The van der Waals surface area contributed by atoms with Gasteiger partial charge in [0.25, 0.3) is 5.69 Å². The largest absolute Gasteiger partial charge is 0.487 e. The molecule has 0 N–H and O–H groups in total. The van der Waals surface area contributed by atoms with E-state index in [0.29, 0.717) is 0 Å². The molecule has 0 saturated carbocycles. The third-order valence-electron chi connectivity index (χ3n) is 3.83. The highest BCUT2D eigenvalue weighted by molar-refractivity contribution is 5.95. The lowest BCUT2D eigenvalue weighted by molar-refractivity contribution is -0.385. The summed E-state index contributed by atoms with van der Waals surface area (Å²) in [5, 5.41) is 20.0. The van der Waals surface area contributed by atoms with E-state index in [1.54, 1.807) is 6.92 Å². The first kappa shape index (κ1) is 22.6. The summed E-state index contributed by atoms with van der Waals surface area (Å²) in [7, 11) is 0. The van der Waals surface area contributed by atoms with Crippen LogP contribution in [0.5, 0.6) is 11.5 Å². The molecule has 0 bridgehead atoms. The van der Waals surface area contributed by atoms with Crippen LogP contribution in [-0.2, 0) is 16.1 Å². The Morgan fingerprint density at radius 3 is 2.50 bits per heavy atom. The van der Waals surface area contributed by atoms with Crippen molar-refractivity contribution in [1.82, 2.24) is 0 Å². The Hall–Kier alpha value is -3.64. The predicted octanol–water partition coefficient (Wildman–Crippen LogP) is 3.66. The number of carbonyl (C=O) groups is 1. The molecule has 0 saturated heterocycles. The second-order valence-electron chi connectivity index (χ2n) is 5.94. The van der Waals surface area contributed by atoms with Crippen LogP contribution in [0.3, 0.4) is 0 Å². The minimum atomic E-state index is -0.825. The number of carbonyl (C=O) groups excluding carboxylic acids is 1. The van der Waals surface area contributed by atoms with Crippen LogP contribution in [0.1, 0.15) is 29.3 Å². The molecular formula is C21H22N2O7. The van der Waals surface area contributed by atoms with Crippen molar-refractivity contribution in [2.45, 2.75) is 20.0 Å². The molecule has 2 aromatic rings. The monoisotopic (exact) mass is 414 g/mol. The topological polar surface area (TPSA) is 121 Å². The van der Waals surface area contributed by atoms with E-state index >= 15 is 0 Å². The van der Waals surface area contributed by atoms with E-state index in [-0.39, 0.29) is 56.5 Å². The highest BCUT2D eigenvalue weighted by Crippen LogP contribution is 2.36. The summed E-state index contributed by atoms with van der Waals surface area (Å²) >= 11 is 0. The van der Waals surface area contributed by atoms with Crippen molar-refractivity contribution in [1.29, 1.82) is 5.26 Å². The lowest BCUT2D eigenvalue weighted by atomic mass is 10.1. The molecule has 9 nitrogen and oxygen atoms in total. The van der Waals surface area contributed by atoms with Crippen LogP contribution >= 0.6 is 0 Å². The predicted molar refractivity (Wildman–Crippen MR) is 106 cm³/mol. The van der Waals surface area contributed by atoms with Crippen LogP contribution in [-0.4, -0.2) is 37.3 Å². The molecule has 2 aromatic carbocycles. The van der Waals surface area contributed by atoms with Crippen LogP contribution < -0.4 is 9.47 Å². The molecule has 9 heteroatoms. The molecule has 0 unspecified atom stereocenters. The van der Waals surface area contributed by atoms with Crippen molar-refractivity contribution in [2.75, 3.05) is 26.4 Å². The summed E-state index contributed by atoms with van der Waals surface area (Å²) in [6.45, 7) is 2.41. The number of nitro benzene ring substituents is 1. The summed E-state index contributed by atoms with van der Waals surface area (Å²) in [5.41, 5.74) is 0.198. The number of nitriles is 1. The van der Waals surface area contributed by atoms with Crippen molar-refractivity contribution >= 4 is 11.7 Å². The number of nitro groups is 1. The zero-order valence-corrected chi connectivity index (χ0v) is 16.5. The van der Waals surface area contributed by atoms with Gasteiger partial charge in [-0.05, 0) is 12.5 Å². The molecule has 2 rings (SSSR count). The maximum Gasteiger partial charge on any atom is 0.345 e. The van der Waals surface area contributed by atoms with E-state index in [4.69, 9.17) is 24.2 Å². The quantitative estimate of drug-likeness (QED) is 0.223. The molecular weight excluding hydrogens is 392 g/mol. The van der Waals surface area contributed by atoms with Crippen molar-refractivity contribution < 1.29 is 28.7 Å². The van der Waals surface area contributed by atoms with Crippen LogP contribution in [0.15, 0.2) is 42.5 Å². The van der Waals surface area contributed by atoms with E-state index in [1.165, 1.54) is 6.07 Å². The second-order valence-corrected chi connectivity index (χ2v) is 5.94. The van der Waals surface area contributed by atoms with E-state index < -0.39 is 16.6 Å². The number of rotatable bonds is 12. The standard InChI is InChI=1S/C21H22N2O7/c1-2-28-21(24)17-13-19(29-12-11-27-10-6-9-22)20(14-18(17)23(25)26)30-15-16-7-4-3-5-8-16/h3-5,7-8,13-14H,2,6,10-12,15H2,1H3. The molecule has 0 fully saturated rings. The van der Waals surface area contributed by atoms with Crippen LogP contribution in [0.4, 0.5) is 5.69 Å². The smallest absolute Gasteiger partial charge is 0.345 e. The number of nitrogens with zero attached hydrogens (tertiary/aromatic N) is 2. The SMILES string of the molecule is CCOC(=O)c1cc(OCCOCCC#N)c(OCc2ccccc2)cc1[N+](=O)[O-]. The van der Waals surface area contributed by atoms with Gasteiger partial charge in [0.05, 0.1) is 43.3 Å². The van der Waals surface area contributed by atoms with Crippen LogP contribution in [0.2, 0.25) is 0 Å². The molecule has 30 heavy (non-hydrogen) atoms. The zero-order chi connectivity index (χ0) is 21.8. The number of ether oxygens (including phenoxy) is 4. The van der Waals surface area contributed by atoms with Crippen molar-refractivity contribution in [3.63, 3.8) is 0 Å². The van der Waals surface area contributed by atoms with Gasteiger partial charge in [0.1, 0.15) is 18.8 Å². The first-order chi connectivity index (χ1) is 14.6. The van der Waals surface area contributed by atoms with Crippen molar-refractivity contribution in [3.8, 4) is 17.6 Å². The van der Waals surface area contributed by atoms with E-state index in [1.807, 2.05) is 36.4 Å². The average molecular weight is 414 g/mol. The van der Waals surface area contributed by atoms with Gasteiger partial charge in [0.2, 0.25) is 0 Å². The molecule has 0 aliphatic rings. The fourth-order valence-corrected chi connectivity index (χ4v) is 2.46. The Morgan fingerprint density at radius 2 is 1.83 bits per heavy atom. The Morgan fingerprint density at radius 1 is 1.10 bits per heavy atom. The summed E-state index contributed by atoms with van der Waals surface area (Å²) in [5.74, 6) is -0.548. The first-order valence-electron chi connectivity index (χ1n) is 9.30. The van der Waals surface area contributed by atoms with Gasteiger partial charge >= 0.3 is 5.97 Å². The third kappa shape index (κ3) is 6.76. The minimum Gasteiger partial charge on any atom is -0.487 e. The summed E-state index contributed by atoms with van der Waals surface area (Å²) in [6, 6.07) is 13.6. The lowest BCUT2D eigenvalue weighted by Gasteiger charge is -2.14. The van der Waals surface area contributed by atoms with Crippen LogP contribution in [0.25, 0.3) is 0 Å². The number of hydrogen-bond donors (Lipinski definition) is 0. The summed E-state index contributed by atoms with van der Waals surface area (Å²) < 4.78 is 21.6. The number of benzene rings is 2. The van der Waals surface area contributed by atoms with Gasteiger partial charge in [-0.1, -0.05) is 30.3 Å². The Kier molecular flexibility index (Phi) is 9.09. The summed E-state index contributed by atoms with van der Waals surface area (Å²) in [6.07, 6.45) is 0.260. The third-order valence-corrected chi connectivity index (χ3v) is 3.83. The molecule has 0 aliphatic heterocycles. The Balaban J connectivity index is 2.25. The van der Waals surface area contributed by atoms with Gasteiger partial charge in [-0.3, -0.25) is 10.1 Å².